The van der Waals surface area contributed by atoms with E-state index in [1.165, 1.54) is 6.21 Å². The Kier molecular flexibility index (Phi) is 4.17. The molecule has 0 spiro atoms. The lowest BCUT2D eigenvalue weighted by molar-refractivity contribution is 0.249. The number of primary amides is 1. The van der Waals surface area contributed by atoms with Gasteiger partial charge in [0.15, 0.2) is 0 Å². The van der Waals surface area contributed by atoms with E-state index in [-0.39, 0.29) is 6.61 Å². The maximum atomic E-state index is 9.96. The minimum absolute atomic E-state index is 0.218. The molecule has 0 rings (SSSR count). The van der Waals surface area contributed by atoms with Crippen molar-refractivity contribution in [1.29, 1.82) is 0 Å². The van der Waals surface area contributed by atoms with E-state index in [1.807, 2.05) is 5.43 Å². The van der Waals surface area contributed by atoms with E-state index >= 15 is 0 Å². The molecule has 0 aliphatic rings. The van der Waals surface area contributed by atoms with Crippen LogP contribution in [0.25, 0.3) is 0 Å². The van der Waals surface area contributed by atoms with E-state index in [2.05, 4.69) is 10.8 Å². The minimum atomic E-state index is -0.763. The maximum Gasteiger partial charge on any atom is 0.332 e. The number of hydrogen-bond acceptors (Lipinski definition) is 4. The fourth-order valence-electron chi connectivity index (χ4n) is 0.244. The number of aliphatic hydroxyl groups is 1. The molecule has 0 fully saturated rings. The monoisotopic (exact) mass is 146 g/mol. The molecule has 0 bridgehead atoms. The molecule has 6 nitrogen and oxygen atoms in total. The highest BCUT2D eigenvalue weighted by Gasteiger charge is 1.92. The van der Waals surface area contributed by atoms with Crippen molar-refractivity contribution in [1.82, 2.24) is 5.43 Å². The van der Waals surface area contributed by atoms with Gasteiger partial charge in [-0.05, 0) is 0 Å². The Morgan fingerprint density at radius 1 is 1.90 bits per heavy atom. The van der Waals surface area contributed by atoms with Crippen LogP contribution in [0.5, 0.6) is 0 Å². The Balaban J connectivity index is 3.45. The summed E-state index contributed by atoms with van der Waals surface area (Å²) < 4.78 is 0. The van der Waals surface area contributed by atoms with Crippen LogP contribution in [0.3, 0.4) is 0 Å². The third kappa shape index (κ3) is 5.01. The van der Waals surface area contributed by atoms with Crippen molar-refractivity contribution >= 4 is 12.2 Å². The number of nitrogens with one attached hydrogen (secondary N) is 1. The van der Waals surface area contributed by atoms with Gasteiger partial charge >= 0.3 is 6.03 Å². The van der Waals surface area contributed by atoms with Gasteiger partial charge in [-0.25, -0.2) is 10.2 Å². The lowest BCUT2D eigenvalue weighted by atomic mass is 10.4. The first-order valence-corrected chi connectivity index (χ1v) is 2.62. The van der Waals surface area contributed by atoms with E-state index in [9.17, 15) is 4.79 Å². The van der Waals surface area contributed by atoms with Crippen LogP contribution in [0.15, 0.2) is 5.10 Å². The molecular formula is C4H10N4O2. The van der Waals surface area contributed by atoms with Crippen molar-refractivity contribution in [3.05, 3.63) is 0 Å². The van der Waals surface area contributed by atoms with Gasteiger partial charge in [0, 0.05) is 6.21 Å². The normalized spacial score (nSPS) is 13.4. The number of aliphatic hydroxyl groups excluding tert-OH is 1. The van der Waals surface area contributed by atoms with Crippen LogP contribution in [-0.2, 0) is 0 Å². The summed E-state index contributed by atoms with van der Waals surface area (Å²) in [5.41, 5.74) is 11.7. The first-order valence-electron chi connectivity index (χ1n) is 2.62. The predicted molar refractivity (Wildman–Crippen MR) is 36.3 cm³/mol. The number of carbonyl (C=O) groups excluding carboxylic acids is 1. The molecule has 0 aliphatic heterocycles. The SMILES string of the molecule is NC(=O)N/N=C/C(N)CO. The van der Waals surface area contributed by atoms with Crippen molar-refractivity contribution < 1.29 is 9.90 Å². The van der Waals surface area contributed by atoms with Gasteiger partial charge in [-0.1, -0.05) is 0 Å². The van der Waals surface area contributed by atoms with E-state index < -0.39 is 12.1 Å². The second kappa shape index (κ2) is 4.71. The van der Waals surface area contributed by atoms with Crippen LogP contribution in [0.2, 0.25) is 0 Å². The number of urea groups is 1. The molecule has 6 N–H and O–H groups in total. The molecule has 0 saturated heterocycles. The van der Waals surface area contributed by atoms with Gasteiger partial charge in [-0.2, -0.15) is 5.10 Å². The maximum absolute atomic E-state index is 9.96. The number of carbonyl (C=O) groups is 1. The van der Waals surface area contributed by atoms with Crippen LogP contribution in [0, 0.1) is 0 Å². The Bertz CT molecular complexity index is 135. The van der Waals surface area contributed by atoms with E-state index in [4.69, 9.17) is 10.8 Å². The Morgan fingerprint density at radius 2 is 2.50 bits per heavy atom. The Labute approximate surface area is 57.9 Å². The van der Waals surface area contributed by atoms with Crippen LogP contribution in [0.4, 0.5) is 4.79 Å². The zero-order valence-electron chi connectivity index (χ0n) is 5.32. The molecule has 10 heavy (non-hydrogen) atoms. The second-order valence-corrected chi connectivity index (χ2v) is 1.60. The van der Waals surface area contributed by atoms with Crippen molar-refractivity contribution in [3.63, 3.8) is 0 Å². The summed E-state index contributed by atoms with van der Waals surface area (Å²) in [7, 11) is 0. The third-order valence-corrected chi connectivity index (χ3v) is 0.652. The number of hydrogen-bond donors (Lipinski definition) is 4. The molecule has 0 aromatic carbocycles. The number of rotatable bonds is 3. The molecule has 0 saturated carbocycles. The lowest BCUT2D eigenvalue weighted by Gasteiger charge is -1.97. The Hall–Kier alpha value is -1.14. The van der Waals surface area contributed by atoms with Gasteiger partial charge in [-0.3, -0.25) is 0 Å². The highest BCUT2D eigenvalue weighted by Crippen LogP contribution is 1.67. The molecule has 0 aromatic rings. The average Bonchev–Trinajstić information content (AvgIpc) is 1.87. The lowest BCUT2D eigenvalue weighted by Crippen LogP contribution is -2.29. The summed E-state index contributed by atoms with van der Waals surface area (Å²) in [5.74, 6) is 0. The minimum Gasteiger partial charge on any atom is -0.394 e. The van der Waals surface area contributed by atoms with Crippen LogP contribution in [0.1, 0.15) is 0 Å². The number of hydrazone groups is 1. The van der Waals surface area contributed by atoms with Crippen molar-refractivity contribution in [2.45, 2.75) is 6.04 Å². The molecular weight excluding hydrogens is 136 g/mol. The van der Waals surface area contributed by atoms with E-state index in [0.717, 1.165) is 0 Å². The Morgan fingerprint density at radius 3 is 2.90 bits per heavy atom. The summed E-state index contributed by atoms with van der Waals surface area (Å²) in [5, 5.41) is 11.6. The van der Waals surface area contributed by atoms with Gasteiger partial charge < -0.3 is 16.6 Å². The van der Waals surface area contributed by atoms with Crippen molar-refractivity contribution in [2.24, 2.45) is 16.6 Å². The summed E-state index contributed by atoms with van der Waals surface area (Å²) >= 11 is 0. The number of nitrogens with two attached hydrogens (primary N) is 2. The molecule has 0 aromatic heterocycles. The van der Waals surface area contributed by atoms with E-state index in [0.29, 0.717) is 0 Å². The molecule has 1 atom stereocenters. The molecule has 0 aliphatic carbocycles. The molecule has 0 radical (unpaired) electrons. The fraction of sp³-hybridized carbons (Fsp3) is 0.500. The molecule has 1 unspecified atom stereocenters. The van der Waals surface area contributed by atoms with Gasteiger partial charge in [0.25, 0.3) is 0 Å². The van der Waals surface area contributed by atoms with Crippen LogP contribution >= 0.6 is 0 Å². The molecule has 58 valence electrons. The van der Waals surface area contributed by atoms with Crippen LogP contribution < -0.4 is 16.9 Å². The van der Waals surface area contributed by atoms with Gasteiger partial charge in [0.1, 0.15) is 0 Å². The standard InChI is InChI=1S/C4H10N4O2/c5-3(2-9)1-7-8-4(6)10/h1,3,9H,2,5H2,(H3,6,8,10)/b7-1+. The van der Waals surface area contributed by atoms with Gasteiger partial charge in [0.2, 0.25) is 0 Å². The third-order valence-electron chi connectivity index (χ3n) is 0.652. The molecule has 6 heteroatoms. The molecule has 2 amide bonds. The zero-order valence-corrected chi connectivity index (χ0v) is 5.32. The topological polar surface area (TPSA) is 114 Å². The van der Waals surface area contributed by atoms with Gasteiger partial charge in [-0.15, -0.1) is 0 Å². The number of amides is 2. The van der Waals surface area contributed by atoms with Crippen LogP contribution in [-0.4, -0.2) is 30.0 Å². The quantitative estimate of drug-likeness (QED) is 0.271. The largest absolute Gasteiger partial charge is 0.394 e. The predicted octanol–water partition coefficient (Wildman–Crippen LogP) is -2.04. The second-order valence-electron chi connectivity index (χ2n) is 1.60. The molecule has 0 heterocycles. The summed E-state index contributed by atoms with van der Waals surface area (Å²) in [4.78, 5) is 9.96. The van der Waals surface area contributed by atoms with Crippen molar-refractivity contribution in [3.8, 4) is 0 Å². The van der Waals surface area contributed by atoms with Gasteiger partial charge in [0.05, 0.1) is 12.6 Å². The van der Waals surface area contributed by atoms with E-state index in [1.54, 1.807) is 0 Å². The summed E-state index contributed by atoms with van der Waals surface area (Å²) in [6.45, 7) is -0.218. The number of nitrogens with zero attached hydrogens (tertiary/aromatic N) is 1. The highest BCUT2D eigenvalue weighted by molar-refractivity contribution is 5.73. The smallest absolute Gasteiger partial charge is 0.332 e. The average molecular weight is 146 g/mol. The fourth-order valence-corrected chi connectivity index (χ4v) is 0.244. The summed E-state index contributed by atoms with van der Waals surface area (Å²) in [6.07, 6.45) is 1.19. The summed E-state index contributed by atoms with van der Waals surface area (Å²) in [6, 6.07) is -1.33. The first-order chi connectivity index (χ1) is 4.66. The first kappa shape index (κ1) is 8.86. The highest BCUT2D eigenvalue weighted by atomic mass is 16.3. The van der Waals surface area contributed by atoms with Crippen molar-refractivity contribution in [2.75, 3.05) is 6.61 Å². The zero-order chi connectivity index (χ0) is 7.98.